The normalized spacial score (nSPS) is 12.0. The number of nitrogens with zero attached hydrogens (tertiary/aromatic N) is 2. The first-order chi connectivity index (χ1) is 22.1. The van der Waals surface area contributed by atoms with E-state index in [4.69, 9.17) is 18.9 Å². The molecule has 0 atom stereocenters. The van der Waals surface area contributed by atoms with E-state index in [1.807, 2.05) is 0 Å². The standard InChI is InChI=1S/C38H78N2O6/c1-7-9-11-13-15-17-19-21-23-25-27-39(3,4)35-37(41)45-33-31-43-29-30-44-32-34-46-38(42)36-40(5,6)28-26-24-22-20-18-16-14-12-10-8-2/h7-36H2,1-6H3/q+2. The van der Waals surface area contributed by atoms with E-state index in [1.165, 1.54) is 116 Å². The molecule has 0 amide bonds. The van der Waals surface area contributed by atoms with Crippen LogP contribution in [0.1, 0.15) is 142 Å². The number of carbonyl (C=O) groups is 2. The lowest BCUT2D eigenvalue weighted by Gasteiger charge is -2.28. The van der Waals surface area contributed by atoms with Gasteiger partial charge in [-0.1, -0.05) is 117 Å². The SMILES string of the molecule is CCCCCCCCCCCC[N+](C)(C)CC(=O)OCCOCCOCCOC(=O)C[N+](C)(C)CCCCCCCCCCCC. The Kier molecular flexibility index (Phi) is 30.2. The Labute approximate surface area is 285 Å². The van der Waals surface area contributed by atoms with Crippen molar-refractivity contribution in [2.45, 2.75) is 142 Å². The zero-order valence-electron chi connectivity index (χ0n) is 31.6. The van der Waals surface area contributed by atoms with Crippen LogP contribution in [0.15, 0.2) is 0 Å². The Morgan fingerprint density at radius 3 is 0.957 bits per heavy atom. The minimum atomic E-state index is -0.177. The lowest BCUT2D eigenvalue weighted by Crippen LogP contribution is -2.45. The zero-order chi connectivity index (χ0) is 34.2. The van der Waals surface area contributed by atoms with Crippen molar-refractivity contribution in [1.82, 2.24) is 0 Å². The third-order valence-corrected chi connectivity index (χ3v) is 8.70. The highest BCUT2D eigenvalue weighted by atomic mass is 16.6. The van der Waals surface area contributed by atoms with Crippen molar-refractivity contribution in [3.8, 4) is 0 Å². The molecule has 0 saturated carbocycles. The summed E-state index contributed by atoms with van der Waals surface area (Å²) >= 11 is 0. The van der Waals surface area contributed by atoms with Gasteiger partial charge in [0.15, 0.2) is 13.1 Å². The molecule has 0 aliphatic carbocycles. The van der Waals surface area contributed by atoms with Gasteiger partial charge in [-0.25, -0.2) is 9.59 Å². The van der Waals surface area contributed by atoms with Gasteiger partial charge in [-0.15, -0.1) is 0 Å². The van der Waals surface area contributed by atoms with Gasteiger partial charge >= 0.3 is 11.9 Å². The average molecular weight is 659 g/mol. The Morgan fingerprint density at radius 2 is 0.652 bits per heavy atom. The lowest BCUT2D eigenvalue weighted by atomic mass is 10.1. The molecule has 0 N–H and O–H groups in total. The highest BCUT2D eigenvalue weighted by Crippen LogP contribution is 2.13. The summed E-state index contributed by atoms with van der Waals surface area (Å²) in [5.74, 6) is -0.354. The highest BCUT2D eigenvalue weighted by Gasteiger charge is 2.21. The molecule has 0 unspecified atom stereocenters. The minimum absolute atomic E-state index is 0.177. The van der Waals surface area contributed by atoms with Gasteiger partial charge in [0.2, 0.25) is 0 Å². The molecule has 0 rings (SSSR count). The van der Waals surface area contributed by atoms with Crippen LogP contribution in [-0.4, -0.2) is 115 Å². The number of unbranched alkanes of at least 4 members (excludes halogenated alkanes) is 18. The summed E-state index contributed by atoms with van der Waals surface area (Å²) in [6.45, 7) is 9.30. The monoisotopic (exact) mass is 659 g/mol. The van der Waals surface area contributed by atoms with E-state index in [9.17, 15) is 9.59 Å². The predicted molar refractivity (Wildman–Crippen MR) is 191 cm³/mol. The molecule has 0 fully saturated rings. The smallest absolute Gasteiger partial charge is 0.361 e. The number of likely N-dealkylation sites (N-methyl/N-ethyl adjacent to an activating group) is 2. The van der Waals surface area contributed by atoms with Gasteiger partial charge in [0.05, 0.1) is 67.7 Å². The van der Waals surface area contributed by atoms with E-state index in [0.29, 0.717) is 48.5 Å². The fraction of sp³-hybridized carbons (Fsp3) is 0.947. The van der Waals surface area contributed by atoms with Gasteiger partial charge in [0.1, 0.15) is 13.2 Å². The number of hydrogen-bond acceptors (Lipinski definition) is 6. The van der Waals surface area contributed by atoms with Crippen LogP contribution < -0.4 is 0 Å². The Morgan fingerprint density at radius 1 is 0.391 bits per heavy atom. The van der Waals surface area contributed by atoms with Crippen LogP contribution in [0, 0.1) is 0 Å². The van der Waals surface area contributed by atoms with Crippen molar-refractivity contribution >= 4 is 11.9 Å². The van der Waals surface area contributed by atoms with E-state index in [1.54, 1.807) is 0 Å². The molecule has 0 spiro atoms. The maximum absolute atomic E-state index is 12.3. The minimum Gasteiger partial charge on any atom is -0.459 e. The van der Waals surface area contributed by atoms with Crippen LogP contribution in [0.3, 0.4) is 0 Å². The van der Waals surface area contributed by atoms with Gasteiger partial charge in [-0.05, 0) is 25.7 Å². The second kappa shape index (κ2) is 31.1. The van der Waals surface area contributed by atoms with Crippen LogP contribution in [0.25, 0.3) is 0 Å². The molecule has 0 aliphatic heterocycles. The van der Waals surface area contributed by atoms with Crippen LogP contribution in [0.2, 0.25) is 0 Å². The van der Waals surface area contributed by atoms with Crippen molar-refractivity contribution in [2.24, 2.45) is 0 Å². The van der Waals surface area contributed by atoms with Crippen LogP contribution in [0.5, 0.6) is 0 Å². The van der Waals surface area contributed by atoms with Gasteiger partial charge in [-0.3, -0.25) is 0 Å². The lowest BCUT2D eigenvalue weighted by molar-refractivity contribution is -0.883. The molecule has 0 aliphatic rings. The quantitative estimate of drug-likeness (QED) is 0.0389. The van der Waals surface area contributed by atoms with Crippen LogP contribution in [0.4, 0.5) is 0 Å². The summed E-state index contributed by atoms with van der Waals surface area (Å²) in [5.41, 5.74) is 0. The first-order valence-electron chi connectivity index (χ1n) is 19.2. The molecule has 0 aromatic rings. The van der Waals surface area contributed by atoms with Crippen molar-refractivity contribution in [3.63, 3.8) is 0 Å². The highest BCUT2D eigenvalue weighted by molar-refractivity contribution is 5.70. The second-order valence-corrected chi connectivity index (χ2v) is 14.7. The van der Waals surface area contributed by atoms with Crippen LogP contribution in [-0.2, 0) is 28.5 Å². The van der Waals surface area contributed by atoms with Crippen molar-refractivity contribution < 1.29 is 37.5 Å². The molecule has 46 heavy (non-hydrogen) atoms. The van der Waals surface area contributed by atoms with Gasteiger partial charge < -0.3 is 27.9 Å². The van der Waals surface area contributed by atoms with Gasteiger partial charge in [0, 0.05) is 0 Å². The number of rotatable bonds is 35. The molecule has 0 bridgehead atoms. The summed E-state index contributed by atoms with van der Waals surface area (Å²) < 4.78 is 23.1. The van der Waals surface area contributed by atoms with E-state index >= 15 is 0 Å². The van der Waals surface area contributed by atoms with Crippen molar-refractivity contribution in [1.29, 1.82) is 0 Å². The Bertz CT molecular complexity index is 643. The van der Waals surface area contributed by atoms with Crippen molar-refractivity contribution in [2.75, 3.05) is 94.0 Å². The molecular formula is C38H78N2O6+2. The van der Waals surface area contributed by atoms with Crippen LogP contribution >= 0.6 is 0 Å². The largest absolute Gasteiger partial charge is 0.459 e. The Balaban J connectivity index is 3.61. The topological polar surface area (TPSA) is 71.1 Å². The predicted octanol–water partition coefficient (Wildman–Crippen LogP) is 8.10. The summed E-state index contributed by atoms with van der Waals surface area (Å²) in [4.78, 5) is 24.5. The molecule has 0 aromatic heterocycles. The summed E-state index contributed by atoms with van der Waals surface area (Å²) in [6.07, 6.45) is 26.4. The number of esters is 2. The number of quaternary nitrogens is 2. The fourth-order valence-electron chi connectivity index (χ4n) is 5.75. The zero-order valence-corrected chi connectivity index (χ0v) is 31.6. The fourth-order valence-corrected chi connectivity index (χ4v) is 5.75. The second-order valence-electron chi connectivity index (χ2n) is 14.7. The third kappa shape index (κ3) is 32.7. The van der Waals surface area contributed by atoms with E-state index < -0.39 is 0 Å². The molecule has 8 nitrogen and oxygen atoms in total. The third-order valence-electron chi connectivity index (χ3n) is 8.70. The maximum atomic E-state index is 12.3. The maximum Gasteiger partial charge on any atom is 0.361 e. The number of ether oxygens (including phenoxy) is 4. The van der Waals surface area contributed by atoms with Crippen molar-refractivity contribution in [3.05, 3.63) is 0 Å². The molecule has 8 heteroatoms. The summed E-state index contributed by atoms with van der Waals surface area (Å²) in [5, 5.41) is 0. The molecule has 0 heterocycles. The molecule has 0 aromatic carbocycles. The molecular weight excluding hydrogens is 580 g/mol. The van der Waals surface area contributed by atoms with E-state index in [-0.39, 0.29) is 25.2 Å². The van der Waals surface area contributed by atoms with E-state index in [0.717, 1.165) is 25.9 Å². The van der Waals surface area contributed by atoms with Gasteiger partial charge in [-0.2, -0.15) is 0 Å². The molecule has 0 saturated heterocycles. The van der Waals surface area contributed by atoms with E-state index in [2.05, 4.69) is 42.0 Å². The summed E-state index contributed by atoms with van der Waals surface area (Å²) in [7, 11) is 8.39. The summed E-state index contributed by atoms with van der Waals surface area (Å²) in [6, 6.07) is 0. The first-order valence-corrected chi connectivity index (χ1v) is 19.2. The number of carbonyl (C=O) groups excluding carboxylic acids is 2. The first kappa shape index (κ1) is 44.8. The molecule has 274 valence electrons. The van der Waals surface area contributed by atoms with Gasteiger partial charge in [0.25, 0.3) is 0 Å². The average Bonchev–Trinajstić information content (AvgIpc) is 2.99. The number of hydrogen-bond donors (Lipinski definition) is 0. The molecule has 0 radical (unpaired) electrons. The Hall–Kier alpha value is -1.22.